The van der Waals surface area contributed by atoms with Crippen LogP contribution >= 0.6 is 0 Å². The van der Waals surface area contributed by atoms with Crippen LogP contribution in [0.5, 0.6) is 5.75 Å². The molecule has 1 unspecified atom stereocenters. The van der Waals surface area contributed by atoms with Gasteiger partial charge in [0, 0.05) is 24.1 Å². The van der Waals surface area contributed by atoms with Crippen molar-refractivity contribution in [2.75, 3.05) is 20.7 Å². The molecule has 1 amide bonds. The lowest BCUT2D eigenvalue weighted by Gasteiger charge is -2.18. The molecule has 3 aromatic rings. The lowest BCUT2D eigenvalue weighted by atomic mass is 10.0. The first-order chi connectivity index (χ1) is 17.1. The highest BCUT2D eigenvalue weighted by Crippen LogP contribution is 2.32. The maximum absolute atomic E-state index is 11.0. The summed E-state index contributed by atoms with van der Waals surface area (Å²) in [5.74, 6) is 0.711. The Hall–Kier alpha value is -3.27. The molecule has 0 saturated heterocycles. The normalized spacial score (nSPS) is 13.1. The van der Waals surface area contributed by atoms with Crippen molar-refractivity contribution in [3.05, 3.63) is 52.6 Å². The first kappa shape index (κ1) is 27.3. The molecule has 1 heterocycles. The number of rotatable bonds is 12. The first-order valence-corrected chi connectivity index (χ1v) is 12.1. The number of aryl methyl sites for hydroxylation is 3. The van der Waals surface area contributed by atoms with E-state index in [0.717, 1.165) is 35.2 Å². The average Bonchev–Trinajstić information content (AvgIpc) is 3.32. The minimum absolute atomic E-state index is 0.0765. The zero-order valence-corrected chi connectivity index (χ0v) is 21.6. The van der Waals surface area contributed by atoms with Crippen molar-refractivity contribution in [1.82, 2.24) is 15.0 Å². The van der Waals surface area contributed by atoms with Gasteiger partial charge in [0.1, 0.15) is 18.5 Å². The van der Waals surface area contributed by atoms with Crippen molar-refractivity contribution in [2.45, 2.75) is 58.8 Å². The third-order valence-electron chi connectivity index (χ3n) is 5.87. The highest BCUT2D eigenvalue weighted by Gasteiger charge is 2.19. The van der Waals surface area contributed by atoms with Crippen LogP contribution in [0, 0.1) is 6.92 Å². The van der Waals surface area contributed by atoms with Crippen LogP contribution in [0.2, 0.25) is 0 Å². The minimum Gasteiger partial charge on any atom is -0.490 e. The summed E-state index contributed by atoms with van der Waals surface area (Å²) in [5.41, 5.74) is 10.9. The van der Waals surface area contributed by atoms with E-state index >= 15 is 0 Å². The van der Waals surface area contributed by atoms with Crippen molar-refractivity contribution >= 4 is 5.91 Å². The predicted octanol–water partition coefficient (Wildman–Crippen LogP) is 2.87. The van der Waals surface area contributed by atoms with Gasteiger partial charge in [0.05, 0.1) is 6.10 Å². The molecule has 9 nitrogen and oxygen atoms in total. The second-order valence-electron chi connectivity index (χ2n) is 9.31. The molecule has 4 N–H and O–H groups in total. The number of amides is 1. The van der Waals surface area contributed by atoms with E-state index in [-0.39, 0.29) is 13.0 Å². The van der Waals surface area contributed by atoms with E-state index in [0.29, 0.717) is 23.9 Å². The molecular weight excluding hydrogens is 460 g/mol. The number of carbonyl (C=O) groups is 1. The molecule has 0 fully saturated rings. The summed E-state index contributed by atoms with van der Waals surface area (Å²) in [6, 6.07) is 10.2. The van der Waals surface area contributed by atoms with Gasteiger partial charge in [-0.25, -0.2) is 0 Å². The van der Waals surface area contributed by atoms with Crippen molar-refractivity contribution in [1.29, 1.82) is 0 Å². The van der Waals surface area contributed by atoms with Crippen LogP contribution in [0.3, 0.4) is 0 Å². The number of carbonyl (C=O) groups excluding carboxylic acids is 1. The molecule has 1 aromatic heterocycles. The van der Waals surface area contributed by atoms with Crippen LogP contribution in [0.15, 0.2) is 34.9 Å². The number of aliphatic hydroxyl groups excluding tert-OH is 2. The maximum Gasteiger partial charge on any atom is 0.258 e. The molecule has 0 bridgehead atoms. The number of nitrogens with zero attached hydrogens (tertiary/aromatic N) is 3. The highest BCUT2D eigenvalue weighted by atomic mass is 16.5. The Labute approximate surface area is 211 Å². The molecule has 0 radical (unpaired) electrons. The zero-order valence-electron chi connectivity index (χ0n) is 21.6. The SMILES string of the molecule is CCc1cc(CN(C)C)cc(-c2nc(-c3cc(C)c(OC[C@@H](O)CC(O)C(N)=O)c(CC)c3)no2)c1. The fourth-order valence-corrected chi connectivity index (χ4v) is 4.07. The number of benzene rings is 2. The number of ether oxygens (including phenoxy) is 1. The lowest BCUT2D eigenvalue weighted by Crippen LogP contribution is -2.33. The van der Waals surface area contributed by atoms with Gasteiger partial charge in [0.15, 0.2) is 0 Å². The molecule has 0 saturated carbocycles. The van der Waals surface area contributed by atoms with Crippen LogP contribution < -0.4 is 10.5 Å². The molecular formula is C27H36N4O5. The summed E-state index contributed by atoms with van der Waals surface area (Å²) >= 11 is 0. The van der Waals surface area contributed by atoms with Gasteiger partial charge in [-0.1, -0.05) is 25.1 Å². The van der Waals surface area contributed by atoms with E-state index in [2.05, 4.69) is 40.2 Å². The number of hydrogen-bond acceptors (Lipinski definition) is 8. The summed E-state index contributed by atoms with van der Waals surface area (Å²) < 4.78 is 11.5. The Morgan fingerprint density at radius 2 is 1.81 bits per heavy atom. The van der Waals surface area contributed by atoms with E-state index in [9.17, 15) is 15.0 Å². The summed E-state index contributed by atoms with van der Waals surface area (Å²) in [6.07, 6.45) is -1.04. The smallest absolute Gasteiger partial charge is 0.258 e. The average molecular weight is 497 g/mol. The number of hydrogen-bond donors (Lipinski definition) is 3. The molecule has 3 rings (SSSR count). The van der Waals surface area contributed by atoms with Gasteiger partial charge in [0.2, 0.25) is 11.7 Å². The number of nitrogens with two attached hydrogens (primary N) is 1. The van der Waals surface area contributed by atoms with Crippen molar-refractivity contribution in [3.63, 3.8) is 0 Å². The molecule has 36 heavy (non-hydrogen) atoms. The van der Waals surface area contributed by atoms with Gasteiger partial charge in [-0.3, -0.25) is 4.79 Å². The Morgan fingerprint density at radius 3 is 2.44 bits per heavy atom. The molecule has 9 heteroatoms. The molecule has 2 aromatic carbocycles. The van der Waals surface area contributed by atoms with Crippen LogP contribution in [0.4, 0.5) is 0 Å². The fourth-order valence-electron chi connectivity index (χ4n) is 4.07. The Kier molecular flexibility index (Phi) is 9.19. The van der Waals surface area contributed by atoms with Crippen LogP contribution in [-0.4, -0.2) is 64.1 Å². The third kappa shape index (κ3) is 6.90. The Bertz CT molecular complexity index is 1190. The first-order valence-electron chi connectivity index (χ1n) is 12.1. The van der Waals surface area contributed by atoms with Gasteiger partial charge >= 0.3 is 0 Å². The second kappa shape index (κ2) is 12.1. The van der Waals surface area contributed by atoms with Gasteiger partial charge < -0.3 is 30.1 Å². The topological polar surface area (TPSA) is 135 Å². The highest BCUT2D eigenvalue weighted by molar-refractivity contribution is 5.78. The molecule has 0 aliphatic carbocycles. The maximum atomic E-state index is 11.0. The molecule has 0 aliphatic heterocycles. The zero-order chi connectivity index (χ0) is 26.4. The van der Waals surface area contributed by atoms with E-state index in [1.807, 2.05) is 40.1 Å². The molecule has 0 spiro atoms. The number of aliphatic hydroxyl groups is 2. The van der Waals surface area contributed by atoms with Gasteiger partial charge in [0.25, 0.3) is 5.89 Å². The summed E-state index contributed by atoms with van der Waals surface area (Å²) in [5, 5.41) is 23.9. The van der Waals surface area contributed by atoms with Crippen molar-refractivity contribution in [2.24, 2.45) is 5.73 Å². The predicted molar refractivity (Wildman–Crippen MR) is 137 cm³/mol. The van der Waals surface area contributed by atoms with Crippen LogP contribution in [0.1, 0.15) is 42.5 Å². The van der Waals surface area contributed by atoms with Gasteiger partial charge in [-0.15, -0.1) is 0 Å². The van der Waals surface area contributed by atoms with Gasteiger partial charge in [-0.05, 0) is 80.4 Å². The molecule has 194 valence electrons. The fraction of sp³-hybridized carbons (Fsp3) is 0.444. The standard InChI is InChI=1S/C27H36N4O5/c1-6-17-9-18(14-31(4)5)11-21(10-17)27-29-26(30-36-27)20-8-16(3)24(19(7-2)12-20)35-15-22(32)13-23(33)25(28)34/h8-12,22-23,32-33H,6-7,13-15H2,1-5H3,(H2,28,34)/t22-,23?/m0/s1. The Balaban J connectivity index is 1.83. The monoisotopic (exact) mass is 496 g/mol. The minimum atomic E-state index is -1.41. The number of aromatic nitrogens is 2. The van der Waals surface area contributed by atoms with Crippen molar-refractivity contribution in [3.8, 4) is 28.6 Å². The summed E-state index contributed by atoms with van der Waals surface area (Å²) in [6.45, 7) is 6.77. The largest absolute Gasteiger partial charge is 0.490 e. The van der Waals surface area contributed by atoms with E-state index in [4.69, 9.17) is 15.0 Å². The van der Waals surface area contributed by atoms with Gasteiger partial charge in [-0.2, -0.15) is 4.98 Å². The third-order valence-corrected chi connectivity index (χ3v) is 5.87. The van der Waals surface area contributed by atoms with E-state index in [1.165, 1.54) is 11.1 Å². The van der Waals surface area contributed by atoms with E-state index < -0.39 is 18.1 Å². The lowest BCUT2D eigenvalue weighted by molar-refractivity contribution is -0.127. The molecule has 0 aliphatic rings. The Morgan fingerprint density at radius 1 is 1.08 bits per heavy atom. The summed E-state index contributed by atoms with van der Waals surface area (Å²) in [4.78, 5) is 17.8. The summed E-state index contributed by atoms with van der Waals surface area (Å²) in [7, 11) is 4.07. The molecule has 2 atom stereocenters. The van der Waals surface area contributed by atoms with E-state index in [1.54, 1.807) is 0 Å². The second-order valence-corrected chi connectivity index (χ2v) is 9.31. The quantitative estimate of drug-likeness (QED) is 0.348. The van der Waals surface area contributed by atoms with Crippen molar-refractivity contribution < 1.29 is 24.3 Å². The van der Waals surface area contributed by atoms with Crippen LogP contribution in [0.25, 0.3) is 22.8 Å². The number of primary amides is 1. The van der Waals surface area contributed by atoms with Crippen LogP contribution in [-0.2, 0) is 24.2 Å².